The molecule has 2 nitrogen and oxygen atoms in total. The fourth-order valence-corrected chi connectivity index (χ4v) is 7.12. The van der Waals surface area contributed by atoms with Gasteiger partial charge >= 0.3 is 0 Å². The van der Waals surface area contributed by atoms with Crippen LogP contribution in [0.1, 0.15) is 80.1 Å². The van der Waals surface area contributed by atoms with Crippen molar-refractivity contribution in [1.29, 1.82) is 0 Å². The summed E-state index contributed by atoms with van der Waals surface area (Å²) >= 11 is 0. The molecule has 0 amide bonds. The molecule has 0 rings (SSSR count). The number of hydrogen-bond donors (Lipinski definition) is 0. The van der Waals surface area contributed by atoms with Crippen molar-refractivity contribution < 1.29 is 9.22 Å². The maximum absolute atomic E-state index is 12.4. The molecule has 20 heavy (non-hydrogen) atoms. The Morgan fingerprint density at radius 2 is 1.20 bits per heavy atom. The van der Waals surface area contributed by atoms with E-state index in [4.69, 9.17) is 4.43 Å². The molecular weight excluding hydrogens is 264 g/mol. The minimum Gasteiger partial charge on any atom is -0.519 e. The lowest BCUT2D eigenvalue weighted by molar-refractivity contribution is -0.144. The van der Waals surface area contributed by atoms with Crippen LogP contribution in [0.15, 0.2) is 0 Å². The van der Waals surface area contributed by atoms with Gasteiger partial charge in [0.2, 0.25) is 0 Å². The molecule has 0 bridgehead atoms. The van der Waals surface area contributed by atoms with Gasteiger partial charge in [-0.2, -0.15) is 0 Å². The van der Waals surface area contributed by atoms with Gasteiger partial charge < -0.3 is 4.43 Å². The maximum Gasteiger partial charge on any atom is 0.297 e. The Hall–Kier alpha value is -0.313. The van der Waals surface area contributed by atoms with E-state index in [-0.39, 0.29) is 11.4 Å². The largest absolute Gasteiger partial charge is 0.519 e. The Bertz CT molecular complexity index is 247. The van der Waals surface area contributed by atoms with Gasteiger partial charge in [-0.05, 0) is 38.9 Å². The molecule has 0 aromatic carbocycles. The molecular formula is C17H36O2Si. The van der Waals surface area contributed by atoms with Gasteiger partial charge in [-0.15, -0.1) is 0 Å². The highest BCUT2D eigenvalue weighted by Gasteiger charge is 2.39. The van der Waals surface area contributed by atoms with Crippen LogP contribution in [-0.2, 0) is 9.22 Å². The molecule has 0 aliphatic rings. The van der Waals surface area contributed by atoms with Crippen molar-refractivity contribution in [1.82, 2.24) is 0 Å². The number of carbonyl (C=O) groups excluding carboxylic acids is 1. The Morgan fingerprint density at radius 1 is 0.850 bits per heavy atom. The first-order valence-corrected chi connectivity index (χ1v) is 11.1. The second-order valence-electron chi connectivity index (χ2n) is 7.13. The molecule has 0 aromatic rings. The van der Waals surface area contributed by atoms with Gasteiger partial charge in [0.25, 0.3) is 14.3 Å². The van der Waals surface area contributed by atoms with Crippen molar-refractivity contribution in [2.45, 2.75) is 98.2 Å². The van der Waals surface area contributed by atoms with E-state index in [1.165, 1.54) is 38.5 Å². The standard InChI is InChI=1S/C17H36O2Si/c1-7-10-13-20(14-11-8-2,15-12-9-3)19-16(18)17(4,5)6/h7-15H2,1-6H3. The monoisotopic (exact) mass is 300 g/mol. The summed E-state index contributed by atoms with van der Waals surface area (Å²) in [7, 11) is -1.88. The fraction of sp³-hybridized carbons (Fsp3) is 0.941. The van der Waals surface area contributed by atoms with E-state index in [0.717, 1.165) is 18.1 Å². The second kappa shape index (κ2) is 9.59. The third kappa shape index (κ3) is 7.46. The third-order valence-corrected chi connectivity index (χ3v) is 8.29. The van der Waals surface area contributed by atoms with Crippen LogP contribution in [0, 0.1) is 5.41 Å². The summed E-state index contributed by atoms with van der Waals surface area (Å²) in [6.07, 6.45) is 7.20. The van der Waals surface area contributed by atoms with Gasteiger partial charge in [0.15, 0.2) is 0 Å². The van der Waals surface area contributed by atoms with Crippen LogP contribution in [0.25, 0.3) is 0 Å². The van der Waals surface area contributed by atoms with Gasteiger partial charge in [-0.3, -0.25) is 4.79 Å². The highest BCUT2D eigenvalue weighted by atomic mass is 28.4. The van der Waals surface area contributed by atoms with Crippen molar-refractivity contribution in [3.63, 3.8) is 0 Å². The van der Waals surface area contributed by atoms with E-state index >= 15 is 0 Å². The minimum absolute atomic E-state index is 0.0208. The SMILES string of the molecule is CCCC[Si](CCCC)(CCCC)OC(=O)C(C)(C)C. The van der Waals surface area contributed by atoms with Crippen LogP contribution in [0.3, 0.4) is 0 Å². The topological polar surface area (TPSA) is 26.3 Å². The molecule has 0 spiro atoms. The molecule has 0 heterocycles. The summed E-state index contributed by atoms with van der Waals surface area (Å²) in [5.41, 5.74) is -0.372. The first kappa shape index (κ1) is 19.7. The molecule has 0 saturated carbocycles. The van der Waals surface area contributed by atoms with Crippen molar-refractivity contribution in [2.24, 2.45) is 5.41 Å². The van der Waals surface area contributed by atoms with Crippen molar-refractivity contribution in [3.8, 4) is 0 Å². The zero-order chi connectivity index (χ0) is 15.6. The van der Waals surface area contributed by atoms with Gasteiger partial charge in [-0.1, -0.05) is 59.3 Å². The van der Waals surface area contributed by atoms with Crippen LogP contribution in [0.4, 0.5) is 0 Å². The van der Waals surface area contributed by atoms with E-state index in [2.05, 4.69) is 20.8 Å². The van der Waals surface area contributed by atoms with Crippen molar-refractivity contribution in [2.75, 3.05) is 0 Å². The highest BCUT2D eigenvalue weighted by Crippen LogP contribution is 2.32. The number of unbranched alkanes of at least 4 members (excludes halogenated alkanes) is 3. The normalized spacial score (nSPS) is 12.5. The summed E-state index contributed by atoms with van der Waals surface area (Å²) in [5.74, 6) is 0.0208. The van der Waals surface area contributed by atoms with Crippen LogP contribution >= 0.6 is 0 Å². The second-order valence-corrected chi connectivity index (χ2v) is 11.2. The number of hydrogen-bond acceptors (Lipinski definition) is 2. The first-order valence-electron chi connectivity index (χ1n) is 8.54. The quantitative estimate of drug-likeness (QED) is 0.468. The molecule has 0 atom stereocenters. The lowest BCUT2D eigenvalue weighted by Crippen LogP contribution is -2.43. The Morgan fingerprint density at radius 3 is 1.45 bits per heavy atom. The zero-order valence-electron chi connectivity index (χ0n) is 14.7. The van der Waals surface area contributed by atoms with E-state index in [9.17, 15) is 4.79 Å². The van der Waals surface area contributed by atoms with Crippen LogP contribution < -0.4 is 0 Å². The predicted molar refractivity (Wildman–Crippen MR) is 90.4 cm³/mol. The van der Waals surface area contributed by atoms with E-state index in [1.54, 1.807) is 0 Å². The number of rotatable bonds is 10. The van der Waals surface area contributed by atoms with Gasteiger partial charge in [0.05, 0.1) is 5.41 Å². The highest BCUT2D eigenvalue weighted by molar-refractivity contribution is 6.75. The Kier molecular flexibility index (Phi) is 9.44. The Balaban J connectivity index is 4.97. The van der Waals surface area contributed by atoms with Crippen molar-refractivity contribution >= 4 is 14.3 Å². The van der Waals surface area contributed by atoms with Gasteiger partial charge in [0, 0.05) is 0 Å². The summed E-state index contributed by atoms with van der Waals surface area (Å²) in [6, 6.07) is 3.47. The molecule has 0 aromatic heterocycles. The molecule has 0 aliphatic carbocycles. The maximum atomic E-state index is 12.4. The van der Waals surface area contributed by atoms with E-state index in [0.29, 0.717) is 0 Å². The van der Waals surface area contributed by atoms with Crippen molar-refractivity contribution in [3.05, 3.63) is 0 Å². The van der Waals surface area contributed by atoms with E-state index < -0.39 is 8.32 Å². The molecule has 0 radical (unpaired) electrons. The van der Waals surface area contributed by atoms with Gasteiger partial charge in [-0.25, -0.2) is 0 Å². The molecule has 0 aliphatic heterocycles. The molecule has 120 valence electrons. The summed E-state index contributed by atoms with van der Waals surface area (Å²) in [5, 5.41) is 0. The average molecular weight is 301 g/mol. The lowest BCUT2D eigenvalue weighted by atomic mass is 9.98. The summed E-state index contributed by atoms with van der Waals surface area (Å²) in [6.45, 7) is 12.6. The average Bonchev–Trinajstić information content (AvgIpc) is 2.39. The summed E-state index contributed by atoms with van der Waals surface area (Å²) < 4.78 is 6.21. The smallest absolute Gasteiger partial charge is 0.297 e. The first-order chi connectivity index (χ1) is 9.31. The molecule has 0 saturated heterocycles. The number of carbonyl (C=O) groups is 1. The minimum atomic E-state index is -1.88. The predicted octanol–water partition coefficient (Wildman–Crippen LogP) is 5.92. The van der Waals surface area contributed by atoms with E-state index in [1.807, 2.05) is 20.8 Å². The van der Waals surface area contributed by atoms with Crippen LogP contribution in [0.2, 0.25) is 18.1 Å². The fourth-order valence-electron chi connectivity index (χ4n) is 2.37. The van der Waals surface area contributed by atoms with Crippen LogP contribution in [0.5, 0.6) is 0 Å². The molecule has 0 fully saturated rings. The van der Waals surface area contributed by atoms with Crippen LogP contribution in [-0.4, -0.2) is 14.3 Å². The Labute approximate surface area is 127 Å². The van der Waals surface area contributed by atoms with Gasteiger partial charge in [0.1, 0.15) is 0 Å². The molecule has 0 N–H and O–H groups in total. The molecule has 3 heteroatoms. The zero-order valence-corrected chi connectivity index (χ0v) is 15.7. The molecule has 0 unspecified atom stereocenters. The lowest BCUT2D eigenvalue weighted by Gasteiger charge is -2.34. The summed E-state index contributed by atoms with van der Waals surface area (Å²) in [4.78, 5) is 12.4. The third-order valence-electron chi connectivity index (χ3n) is 3.88.